The second kappa shape index (κ2) is 5.87. The highest BCUT2D eigenvalue weighted by Gasteiger charge is 2.32. The van der Waals surface area contributed by atoms with Gasteiger partial charge in [0.15, 0.2) is 0 Å². The van der Waals surface area contributed by atoms with Gasteiger partial charge < -0.3 is 15.0 Å². The van der Waals surface area contributed by atoms with E-state index in [1.165, 1.54) is 0 Å². The third kappa shape index (κ3) is 3.53. The molecule has 1 atom stereocenters. The molecular formula is C13H18F3N3O. The Morgan fingerprint density at radius 1 is 1.45 bits per heavy atom. The van der Waals surface area contributed by atoms with Crippen LogP contribution in [-0.4, -0.2) is 37.3 Å². The third-order valence-corrected chi connectivity index (χ3v) is 3.06. The maximum absolute atomic E-state index is 12.9. The number of rotatable bonds is 3. The molecule has 4 nitrogen and oxygen atoms in total. The average molecular weight is 289 g/mol. The van der Waals surface area contributed by atoms with Gasteiger partial charge in [-0.05, 0) is 26.0 Å². The summed E-state index contributed by atoms with van der Waals surface area (Å²) in [6.45, 7) is 5.82. The molecule has 1 saturated heterocycles. The molecular weight excluding hydrogens is 271 g/mol. The minimum Gasteiger partial charge on any atom is -0.375 e. The highest BCUT2D eigenvalue weighted by molar-refractivity contribution is 5.51. The molecule has 0 aromatic carbocycles. The fourth-order valence-corrected chi connectivity index (χ4v) is 2.14. The third-order valence-electron chi connectivity index (χ3n) is 3.06. The predicted molar refractivity (Wildman–Crippen MR) is 71.0 cm³/mol. The summed E-state index contributed by atoms with van der Waals surface area (Å²) in [5.74, 6) is 0.586. The van der Waals surface area contributed by atoms with E-state index in [2.05, 4.69) is 10.3 Å². The Morgan fingerprint density at radius 2 is 2.20 bits per heavy atom. The molecule has 1 N–H and O–H groups in total. The van der Waals surface area contributed by atoms with Crippen LogP contribution in [-0.2, 0) is 10.9 Å². The molecule has 1 aromatic heterocycles. The van der Waals surface area contributed by atoms with E-state index >= 15 is 0 Å². The van der Waals surface area contributed by atoms with Crippen molar-refractivity contribution < 1.29 is 17.9 Å². The van der Waals surface area contributed by atoms with E-state index in [1.807, 2.05) is 18.7 Å². The summed E-state index contributed by atoms with van der Waals surface area (Å²) in [5.41, 5.74) is -0.683. The standard InChI is InChI=1S/C13H18F3N3O/c1-3-17-11-6-10(13(14,15)16)7-12(18-11)19-4-5-20-9(2)8-19/h6-7,9H,3-5,8H2,1-2H3,(H,17,18). The van der Waals surface area contributed by atoms with Gasteiger partial charge in [-0.15, -0.1) is 0 Å². The first kappa shape index (κ1) is 14.9. The normalized spacial score (nSPS) is 20.1. The van der Waals surface area contributed by atoms with E-state index in [0.29, 0.717) is 32.1 Å². The molecule has 0 saturated carbocycles. The molecule has 2 heterocycles. The molecule has 1 aliphatic rings. The van der Waals surface area contributed by atoms with Crippen molar-refractivity contribution in [3.05, 3.63) is 17.7 Å². The van der Waals surface area contributed by atoms with Crippen molar-refractivity contribution in [2.24, 2.45) is 0 Å². The molecule has 0 bridgehead atoms. The highest BCUT2D eigenvalue weighted by atomic mass is 19.4. The van der Waals surface area contributed by atoms with E-state index in [4.69, 9.17) is 4.74 Å². The quantitative estimate of drug-likeness (QED) is 0.928. The first-order valence-electron chi connectivity index (χ1n) is 6.60. The number of pyridine rings is 1. The lowest BCUT2D eigenvalue weighted by molar-refractivity contribution is -0.137. The number of anilines is 2. The van der Waals surface area contributed by atoms with Crippen LogP contribution in [0.15, 0.2) is 12.1 Å². The van der Waals surface area contributed by atoms with Crippen LogP contribution in [0.25, 0.3) is 0 Å². The summed E-state index contributed by atoms with van der Waals surface area (Å²) < 4.78 is 44.2. The summed E-state index contributed by atoms with van der Waals surface area (Å²) >= 11 is 0. The van der Waals surface area contributed by atoms with E-state index in [0.717, 1.165) is 12.1 Å². The second-order valence-corrected chi connectivity index (χ2v) is 4.75. The largest absolute Gasteiger partial charge is 0.416 e. The number of nitrogens with zero attached hydrogens (tertiary/aromatic N) is 2. The van der Waals surface area contributed by atoms with Crippen molar-refractivity contribution in [1.29, 1.82) is 0 Å². The van der Waals surface area contributed by atoms with E-state index in [9.17, 15) is 13.2 Å². The Kier molecular flexibility index (Phi) is 4.37. The summed E-state index contributed by atoms with van der Waals surface area (Å²) in [4.78, 5) is 6.08. The molecule has 1 aliphatic heterocycles. The predicted octanol–water partition coefficient (Wildman–Crippen LogP) is 2.76. The molecule has 1 unspecified atom stereocenters. The van der Waals surface area contributed by atoms with Crippen LogP contribution in [0.4, 0.5) is 24.8 Å². The van der Waals surface area contributed by atoms with Crippen LogP contribution in [0, 0.1) is 0 Å². The van der Waals surface area contributed by atoms with Gasteiger partial charge in [0.2, 0.25) is 0 Å². The van der Waals surface area contributed by atoms with E-state index in [1.54, 1.807) is 0 Å². The molecule has 0 spiro atoms. The van der Waals surface area contributed by atoms with E-state index in [-0.39, 0.29) is 11.9 Å². The lowest BCUT2D eigenvalue weighted by Crippen LogP contribution is -2.41. The van der Waals surface area contributed by atoms with E-state index < -0.39 is 11.7 Å². The Morgan fingerprint density at radius 3 is 2.80 bits per heavy atom. The summed E-state index contributed by atoms with van der Waals surface area (Å²) in [6, 6.07) is 2.13. The molecule has 2 rings (SSSR count). The Hall–Kier alpha value is -1.50. The highest BCUT2D eigenvalue weighted by Crippen LogP contribution is 2.33. The zero-order valence-corrected chi connectivity index (χ0v) is 11.5. The minimum absolute atomic E-state index is 0.0114. The molecule has 112 valence electrons. The van der Waals surface area contributed by atoms with Gasteiger partial charge in [0.05, 0.1) is 18.3 Å². The first-order valence-corrected chi connectivity index (χ1v) is 6.60. The topological polar surface area (TPSA) is 37.4 Å². The average Bonchev–Trinajstić information content (AvgIpc) is 2.38. The monoisotopic (exact) mass is 289 g/mol. The molecule has 7 heteroatoms. The Labute approximate surface area is 115 Å². The van der Waals surface area contributed by atoms with Gasteiger partial charge in [-0.2, -0.15) is 13.2 Å². The summed E-state index contributed by atoms with van der Waals surface area (Å²) in [7, 11) is 0. The van der Waals surface area contributed by atoms with Crippen molar-refractivity contribution >= 4 is 11.6 Å². The van der Waals surface area contributed by atoms with Crippen molar-refractivity contribution in [1.82, 2.24) is 4.98 Å². The number of alkyl halides is 3. The van der Waals surface area contributed by atoms with Gasteiger partial charge >= 0.3 is 6.18 Å². The van der Waals surface area contributed by atoms with Gasteiger partial charge in [-0.1, -0.05) is 0 Å². The number of hydrogen-bond acceptors (Lipinski definition) is 4. The molecule has 0 radical (unpaired) electrons. The van der Waals surface area contributed by atoms with Crippen molar-refractivity contribution in [2.75, 3.05) is 36.5 Å². The summed E-state index contributed by atoms with van der Waals surface area (Å²) in [5, 5.41) is 2.84. The van der Waals surface area contributed by atoms with Crippen molar-refractivity contribution in [2.45, 2.75) is 26.1 Å². The maximum atomic E-state index is 12.9. The van der Waals surface area contributed by atoms with Crippen LogP contribution < -0.4 is 10.2 Å². The molecule has 1 aromatic rings. The fourth-order valence-electron chi connectivity index (χ4n) is 2.14. The van der Waals surface area contributed by atoms with Gasteiger partial charge in [-0.3, -0.25) is 0 Å². The number of nitrogens with one attached hydrogen (secondary N) is 1. The van der Waals surface area contributed by atoms with Crippen molar-refractivity contribution in [3.63, 3.8) is 0 Å². The Bertz CT molecular complexity index is 465. The SMILES string of the molecule is CCNc1cc(C(F)(F)F)cc(N2CCOC(C)C2)n1. The lowest BCUT2D eigenvalue weighted by Gasteiger charge is -2.32. The maximum Gasteiger partial charge on any atom is 0.416 e. The molecule has 20 heavy (non-hydrogen) atoms. The number of aromatic nitrogens is 1. The van der Waals surface area contributed by atoms with Crippen LogP contribution in [0.1, 0.15) is 19.4 Å². The zero-order valence-electron chi connectivity index (χ0n) is 11.5. The minimum atomic E-state index is -4.38. The van der Waals surface area contributed by atoms with Gasteiger partial charge in [-0.25, -0.2) is 4.98 Å². The number of hydrogen-bond donors (Lipinski definition) is 1. The molecule has 0 amide bonds. The van der Waals surface area contributed by atoms with Gasteiger partial charge in [0, 0.05) is 19.6 Å². The van der Waals surface area contributed by atoms with Crippen LogP contribution in [0.3, 0.4) is 0 Å². The smallest absolute Gasteiger partial charge is 0.375 e. The zero-order chi connectivity index (χ0) is 14.8. The first-order chi connectivity index (χ1) is 9.40. The number of morpholine rings is 1. The van der Waals surface area contributed by atoms with Crippen LogP contribution in [0.2, 0.25) is 0 Å². The lowest BCUT2D eigenvalue weighted by atomic mass is 10.2. The second-order valence-electron chi connectivity index (χ2n) is 4.75. The van der Waals surface area contributed by atoms with Gasteiger partial charge in [0.25, 0.3) is 0 Å². The van der Waals surface area contributed by atoms with Crippen LogP contribution >= 0.6 is 0 Å². The van der Waals surface area contributed by atoms with Crippen molar-refractivity contribution in [3.8, 4) is 0 Å². The van der Waals surface area contributed by atoms with Crippen LogP contribution in [0.5, 0.6) is 0 Å². The summed E-state index contributed by atoms with van der Waals surface area (Å²) in [6.07, 6.45) is -4.39. The molecule has 1 fully saturated rings. The number of halogens is 3. The van der Waals surface area contributed by atoms with Gasteiger partial charge in [0.1, 0.15) is 11.6 Å². The number of ether oxygens (including phenoxy) is 1. The Balaban J connectivity index is 2.33. The fraction of sp³-hybridized carbons (Fsp3) is 0.615. The molecule has 0 aliphatic carbocycles.